The van der Waals surface area contributed by atoms with Gasteiger partial charge in [-0.1, -0.05) is 51.6 Å². The van der Waals surface area contributed by atoms with Crippen molar-refractivity contribution in [2.24, 2.45) is 0 Å². The summed E-state index contributed by atoms with van der Waals surface area (Å²) in [5.74, 6) is 0. The normalized spacial score (nSPS) is 13.2. The molecular formula is C18H23NOS. The Morgan fingerprint density at radius 1 is 1.05 bits per heavy atom. The molecule has 0 radical (unpaired) electrons. The van der Waals surface area contributed by atoms with Crippen LogP contribution in [0.1, 0.15) is 51.5 Å². The molecule has 2 aromatic rings. The van der Waals surface area contributed by atoms with Gasteiger partial charge in [0.1, 0.15) is 0 Å². The Hall–Kier alpha value is -1.32. The van der Waals surface area contributed by atoms with Crippen LogP contribution in [0.5, 0.6) is 0 Å². The predicted molar refractivity (Wildman–Crippen MR) is 88.8 cm³/mol. The van der Waals surface area contributed by atoms with Crippen LogP contribution in [-0.2, 0) is 5.41 Å². The maximum atomic E-state index is 9.75. The molecule has 1 atom stereocenters. The summed E-state index contributed by atoms with van der Waals surface area (Å²) in [6, 6.07) is 12.6. The molecule has 1 N–H and O–H groups in total. The van der Waals surface area contributed by atoms with Crippen LogP contribution >= 0.6 is 11.8 Å². The van der Waals surface area contributed by atoms with E-state index in [1.165, 1.54) is 10.5 Å². The Morgan fingerprint density at radius 3 is 2.14 bits per heavy atom. The molecule has 2 rings (SSSR count). The summed E-state index contributed by atoms with van der Waals surface area (Å²) in [5, 5.41) is 9.75. The van der Waals surface area contributed by atoms with Crippen molar-refractivity contribution in [1.29, 1.82) is 0 Å². The lowest BCUT2D eigenvalue weighted by Gasteiger charge is -2.19. The van der Waals surface area contributed by atoms with Gasteiger partial charge in [-0.25, -0.2) is 0 Å². The van der Waals surface area contributed by atoms with Crippen LogP contribution < -0.4 is 0 Å². The number of aromatic nitrogens is 1. The Balaban J connectivity index is 2.08. The molecular weight excluding hydrogens is 278 g/mol. The van der Waals surface area contributed by atoms with Gasteiger partial charge in [0.25, 0.3) is 0 Å². The van der Waals surface area contributed by atoms with E-state index in [0.717, 1.165) is 10.6 Å². The van der Waals surface area contributed by atoms with Crippen molar-refractivity contribution >= 4 is 11.8 Å². The topological polar surface area (TPSA) is 33.1 Å². The van der Waals surface area contributed by atoms with E-state index in [-0.39, 0.29) is 5.41 Å². The Morgan fingerprint density at radius 2 is 1.67 bits per heavy atom. The molecule has 0 unspecified atom stereocenters. The molecule has 0 amide bonds. The number of nitrogens with zero attached hydrogens (tertiary/aromatic N) is 1. The van der Waals surface area contributed by atoms with E-state index in [2.05, 4.69) is 50.0 Å². The average Bonchev–Trinajstić information content (AvgIpc) is 2.47. The van der Waals surface area contributed by atoms with Crippen molar-refractivity contribution in [3.05, 3.63) is 53.9 Å². The van der Waals surface area contributed by atoms with E-state index in [9.17, 15) is 5.11 Å². The molecule has 0 spiro atoms. The van der Waals surface area contributed by atoms with Crippen LogP contribution in [0, 0.1) is 0 Å². The number of aliphatic hydroxyl groups excluding tert-OH is 1. The van der Waals surface area contributed by atoms with Gasteiger partial charge >= 0.3 is 0 Å². The van der Waals surface area contributed by atoms with Gasteiger partial charge in [-0.05, 0) is 41.7 Å². The molecule has 21 heavy (non-hydrogen) atoms. The molecule has 0 aliphatic heterocycles. The fraction of sp³-hybridized carbons (Fsp3) is 0.389. The Bertz CT molecular complexity index is 570. The van der Waals surface area contributed by atoms with Crippen LogP contribution in [0.4, 0.5) is 0 Å². The maximum Gasteiger partial charge on any atom is 0.0957 e. The summed E-state index contributed by atoms with van der Waals surface area (Å²) in [6.45, 7) is 8.61. The monoisotopic (exact) mass is 301 g/mol. The molecule has 2 nitrogen and oxygen atoms in total. The smallest absolute Gasteiger partial charge is 0.0957 e. The number of benzene rings is 1. The minimum Gasteiger partial charge on any atom is -0.387 e. The summed E-state index contributed by atoms with van der Waals surface area (Å²) in [4.78, 5) is 6.62. The fourth-order valence-corrected chi connectivity index (χ4v) is 2.80. The summed E-state index contributed by atoms with van der Waals surface area (Å²) < 4.78 is 0. The average molecular weight is 301 g/mol. The van der Waals surface area contributed by atoms with Gasteiger partial charge < -0.3 is 5.11 Å². The van der Waals surface area contributed by atoms with E-state index in [4.69, 9.17) is 0 Å². The van der Waals surface area contributed by atoms with Crippen molar-refractivity contribution in [1.82, 2.24) is 4.98 Å². The first-order valence-corrected chi connectivity index (χ1v) is 8.14. The lowest BCUT2D eigenvalue weighted by Crippen LogP contribution is -2.10. The molecule has 3 heteroatoms. The first-order valence-electron chi connectivity index (χ1n) is 7.32. The number of hydrogen-bond donors (Lipinski definition) is 1. The fourth-order valence-electron chi connectivity index (χ4n) is 2.02. The van der Waals surface area contributed by atoms with Crippen LogP contribution in [-0.4, -0.2) is 10.1 Å². The quantitative estimate of drug-likeness (QED) is 0.865. The zero-order valence-electron chi connectivity index (χ0n) is 13.1. The number of aliphatic hydroxyl groups is 1. The third-order valence-corrected chi connectivity index (χ3v) is 4.43. The van der Waals surface area contributed by atoms with Crippen LogP contribution in [0.3, 0.4) is 0 Å². The molecule has 1 aromatic heterocycles. The second-order valence-electron chi connectivity index (χ2n) is 6.22. The van der Waals surface area contributed by atoms with Crippen molar-refractivity contribution < 1.29 is 5.11 Å². The highest BCUT2D eigenvalue weighted by atomic mass is 32.2. The zero-order valence-corrected chi connectivity index (χ0v) is 13.9. The van der Waals surface area contributed by atoms with Crippen molar-refractivity contribution in [3.8, 4) is 0 Å². The van der Waals surface area contributed by atoms with E-state index < -0.39 is 6.10 Å². The highest BCUT2D eigenvalue weighted by Crippen LogP contribution is 2.30. The van der Waals surface area contributed by atoms with Crippen LogP contribution in [0.2, 0.25) is 0 Å². The SMILES string of the molecule is CC[C@@H](O)c1ccc(Sc2ccc(C(C)(C)C)cc2)cn1. The maximum absolute atomic E-state index is 9.75. The summed E-state index contributed by atoms with van der Waals surface area (Å²) >= 11 is 1.69. The van der Waals surface area contributed by atoms with Gasteiger partial charge in [0.05, 0.1) is 11.8 Å². The third kappa shape index (κ3) is 4.32. The molecule has 0 aliphatic carbocycles. The highest BCUT2D eigenvalue weighted by Gasteiger charge is 2.13. The van der Waals surface area contributed by atoms with Crippen LogP contribution in [0.25, 0.3) is 0 Å². The summed E-state index contributed by atoms with van der Waals surface area (Å²) in [5.41, 5.74) is 2.26. The van der Waals surface area contributed by atoms with Gasteiger partial charge in [0, 0.05) is 16.0 Å². The molecule has 0 aliphatic rings. The molecule has 0 saturated carbocycles. The lowest BCUT2D eigenvalue weighted by atomic mass is 9.87. The number of pyridine rings is 1. The molecule has 1 aromatic carbocycles. The van der Waals surface area contributed by atoms with E-state index >= 15 is 0 Å². The Kier molecular flexibility index (Phi) is 5.07. The second kappa shape index (κ2) is 6.63. The first kappa shape index (κ1) is 16.1. The van der Waals surface area contributed by atoms with E-state index in [1.54, 1.807) is 11.8 Å². The second-order valence-corrected chi connectivity index (χ2v) is 7.37. The van der Waals surface area contributed by atoms with Gasteiger partial charge in [-0.2, -0.15) is 0 Å². The van der Waals surface area contributed by atoms with Gasteiger partial charge in [0.15, 0.2) is 0 Å². The van der Waals surface area contributed by atoms with E-state index in [1.807, 2.05) is 25.3 Å². The summed E-state index contributed by atoms with van der Waals surface area (Å²) in [7, 11) is 0. The van der Waals surface area contributed by atoms with Crippen LogP contribution in [0.15, 0.2) is 52.4 Å². The van der Waals surface area contributed by atoms with Crippen molar-refractivity contribution in [2.45, 2.75) is 55.4 Å². The summed E-state index contributed by atoms with van der Waals surface area (Å²) in [6.07, 6.45) is 2.06. The number of hydrogen-bond acceptors (Lipinski definition) is 3. The minimum atomic E-state index is -0.463. The molecule has 0 bridgehead atoms. The predicted octanol–water partition coefficient (Wildman–Crippen LogP) is 4.97. The molecule has 0 fully saturated rings. The minimum absolute atomic E-state index is 0.183. The standard InChI is InChI=1S/C18H23NOS/c1-5-17(20)16-11-10-15(12-19-16)21-14-8-6-13(7-9-14)18(2,3)4/h6-12,17,20H,5H2,1-4H3/t17-/m1/s1. The first-order chi connectivity index (χ1) is 9.90. The molecule has 0 saturated heterocycles. The number of rotatable bonds is 4. The molecule has 1 heterocycles. The molecule has 112 valence electrons. The largest absolute Gasteiger partial charge is 0.387 e. The van der Waals surface area contributed by atoms with E-state index in [0.29, 0.717) is 6.42 Å². The van der Waals surface area contributed by atoms with Gasteiger partial charge in [-0.15, -0.1) is 0 Å². The van der Waals surface area contributed by atoms with Crippen molar-refractivity contribution in [2.75, 3.05) is 0 Å². The van der Waals surface area contributed by atoms with Gasteiger partial charge in [0.2, 0.25) is 0 Å². The third-order valence-electron chi connectivity index (χ3n) is 3.44. The van der Waals surface area contributed by atoms with Crippen molar-refractivity contribution in [3.63, 3.8) is 0 Å². The Labute approximate surface area is 131 Å². The zero-order chi connectivity index (χ0) is 15.5. The van der Waals surface area contributed by atoms with Gasteiger partial charge in [-0.3, -0.25) is 4.98 Å². The highest BCUT2D eigenvalue weighted by molar-refractivity contribution is 7.99. The lowest BCUT2D eigenvalue weighted by molar-refractivity contribution is 0.169.